The number of azo groups is 1. The van der Waals surface area contributed by atoms with Crippen molar-refractivity contribution in [2.45, 2.75) is 43.9 Å². The lowest BCUT2D eigenvalue weighted by Crippen LogP contribution is -1.96. The third-order valence-electron chi connectivity index (χ3n) is 4.75. The van der Waals surface area contributed by atoms with E-state index in [-0.39, 0.29) is 10.6 Å². The second-order valence-electron chi connectivity index (χ2n) is 6.97. The molecule has 0 saturated carbocycles. The van der Waals surface area contributed by atoms with Gasteiger partial charge in [-0.25, -0.2) is 0 Å². The molecule has 0 atom stereocenters. The van der Waals surface area contributed by atoms with Crippen LogP contribution in [0.25, 0.3) is 10.8 Å². The van der Waals surface area contributed by atoms with Gasteiger partial charge in [-0.1, -0.05) is 50.5 Å². The first-order valence-electron chi connectivity index (χ1n) is 9.62. The number of unbranched alkanes of at least 4 members (excludes halogenated alkanes) is 3. The Balaban J connectivity index is 1.84. The van der Waals surface area contributed by atoms with Gasteiger partial charge in [-0.3, -0.25) is 4.55 Å². The van der Waals surface area contributed by atoms with Crippen LogP contribution in [0.4, 0.5) is 11.4 Å². The van der Waals surface area contributed by atoms with E-state index >= 15 is 0 Å². The summed E-state index contributed by atoms with van der Waals surface area (Å²) >= 11 is 0. The number of nitrogens with zero attached hydrogens (tertiary/aromatic N) is 2. The topological polar surface area (TPSA) is 99.3 Å². The Kier molecular flexibility index (Phi) is 6.61. The highest BCUT2D eigenvalue weighted by Crippen LogP contribution is 2.36. The smallest absolute Gasteiger partial charge is 0.294 e. The predicted octanol–water partition coefficient (Wildman–Crippen LogP) is 6.33. The summed E-state index contributed by atoms with van der Waals surface area (Å²) in [4.78, 5) is -0.212. The third-order valence-corrected chi connectivity index (χ3v) is 5.62. The molecule has 152 valence electrons. The van der Waals surface area contributed by atoms with Crippen molar-refractivity contribution in [3.8, 4) is 5.75 Å². The van der Waals surface area contributed by atoms with Gasteiger partial charge in [-0.05, 0) is 54.1 Å². The zero-order chi connectivity index (χ0) is 20.9. The van der Waals surface area contributed by atoms with E-state index in [2.05, 4.69) is 23.2 Å². The maximum absolute atomic E-state index is 11.1. The average Bonchev–Trinajstić information content (AvgIpc) is 2.70. The maximum atomic E-state index is 11.1. The molecule has 3 aromatic rings. The van der Waals surface area contributed by atoms with Crippen LogP contribution in [0.3, 0.4) is 0 Å². The van der Waals surface area contributed by atoms with E-state index in [4.69, 9.17) is 4.55 Å². The van der Waals surface area contributed by atoms with Crippen molar-refractivity contribution < 1.29 is 18.1 Å². The number of phenolic OH excluding ortho intramolecular Hbond substituents is 1. The van der Waals surface area contributed by atoms with Crippen molar-refractivity contribution >= 4 is 32.3 Å². The largest absolute Gasteiger partial charge is 0.506 e. The summed E-state index contributed by atoms with van der Waals surface area (Å²) in [5, 5.41) is 20.3. The molecule has 3 aromatic carbocycles. The molecule has 0 aliphatic heterocycles. The van der Waals surface area contributed by atoms with E-state index in [9.17, 15) is 13.5 Å². The van der Waals surface area contributed by atoms with Crippen LogP contribution in [0, 0.1) is 0 Å². The normalized spacial score (nSPS) is 12.1. The molecular weight excluding hydrogens is 388 g/mol. The summed E-state index contributed by atoms with van der Waals surface area (Å²) in [5.41, 5.74) is 2.02. The highest BCUT2D eigenvalue weighted by atomic mass is 32.2. The van der Waals surface area contributed by atoms with Gasteiger partial charge < -0.3 is 5.11 Å². The van der Waals surface area contributed by atoms with Crippen molar-refractivity contribution in [3.05, 3.63) is 60.2 Å². The van der Waals surface area contributed by atoms with E-state index in [1.165, 1.54) is 49.1 Å². The third kappa shape index (κ3) is 5.40. The van der Waals surface area contributed by atoms with Crippen LogP contribution in [0.2, 0.25) is 0 Å². The summed E-state index contributed by atoms with van der Waals surface area (Å²) < 4.78 is 31.2. The lowest BCUT2D eigenvalue weighted by molar-refractivity contribution is 0.477. The maximum Gasteiger partial charge on any atom is 0.294 e. The van der Waals surface area contributed by atoms with Gasteiger partial charge in [0.1, 0.15) is 11.4 Å². The highest BCUT2D eigenvalue weighted by molar-refractivity contribution is 7.85. The molecule has 0 amide bonds. The molecular formula is C22H24N2O4S. The first kappa shape index (κ1) is 21.0. The summed E-state index contributed by atoms with van der Waals surface area (Å²) in [6.45, 7) is 2.20. The molecule has 0 aliphatic carbocycles. The Bertz CT molecular complexity index is 1120. The van der Waals surface area contributed by atoms with Crippen molar-refractivity contribution in [3.63, 3.8) is 0 Å². The fourth-order valence-electron chi connectivity index (χ4n) is 3.16. The summed E-state index contributed by atoms with van der Waals surface area (Å²) in [6, 6.07) is 14.9. The molecule has 2 N–H and O–H groups in total. The van der Waals surface area contributed by atoms with Gasteiger partial charge in [0.25, 0.3) is 10.1 Å². The average molecular weight is 413 g/mol. The zero-order valence-corrected chi connectivity index (χ0v) is 17.1. The van der Waals surface area contributed by atoms with Crippen LogP contribution >= 0.6 is 0 Å². The summed E-state index contributed by atoms with van der Waals surface area (Å²) in [7, 11) is -4.25. The number of aryl methyl sites for hydroxylation is 1. The van der Waals surface area contributed by atoms with E-state index in [1.807, 2.05) is 18.2 Å². The molecule has 0 aromatic heterocycles. The second-order valence-corrected chi connectivity index (χ2v) is 8.39. The van der Waals surface area contributed by atoms with Crippen LogP contribution in [-0.2, 0) is 16.5 Å². The van der Waals surface area contributed by atoms with Crippen LogP contribution in [0.1, 0.15) is 38.2 Å². The highest BCUT2D eigenvalue weighted by Gasteiger charge is 2.09. The lowest BCUT2D eigenvalue weighted by atomic mass is 10.0. The second kappa shape index (κ2) is 9.15. The molecule has 0 aliphatic rings. The van der Waals surface area contributed by atoms with Gasteiger partial charge in [0.15, 0.2) is 0 Å². The molecule has 0 unspecified atom stereocenters. The van der Waals surface area contributed by atoms with Crippen molar-refractivity contribution in [2.75, 3.05) is 0 Å². The monoisotopic (exact) mass is 412 g/mol. The van der Waals surface area contributed by atoms with Gasteiger partial charge in [0, 0.05) is 5.39 Å². The zero-order valence-electron chi connectivity index (χ0n) is 16.2. The number of hydrogen-bond donors (Lipinski definition) is 2. The fourth-order valence-corrected chi connectivity index (χ4v) is 3.64. The van der Waals surface area contributed by atoms with Gasteiger partial charge in [0.05, 0.1) is 10.6 Å². The first-order chi connectivity index (χ1) is 13.9. The minimum Gasteiger partial charge on any atom is -0.506 e. The number of phenols is 1. The molecule has 3 rings (SSSR count). The molecule has 0 heterocycles. The summed E-state index contributed by atoms with van der Waals surface area (Å²) in [6.07, 6.45) is 5.86. The van der Waals surface area contributed by atoms with Gasteiger partial charge in [0.2, 0.25) is 0 Å². The SMILES string of the molecule is CCCCCCc1ccc2c(N=Nc3ccc(S(=O)(=O)O)cc3)c(O)ccc2c1. The quantitative estimate of drug-likeness (QED) is 0.256. The first-order valence-corrected chi connectivity index (χ1v) is 11.1. The van der Waals surface area contributed by atoms with E-state index in [0.29, 0.717) is 11.4 Å². The number of rotatable bonds is 8. The molecule has 6 nitrogen and oxygen atoms in total. The Labute approximate surface area is 170 Å². The molecule has 0 saturated heterocycles. The van der Waals surface area contributed by atoms with Crippen LogP contribution in [0.5, 0.6) is 5.75 Å². The van der Waals surface area contributed by atoms with Crippen LogP contribution in [0.15, 0.2) is 69.7 Å². The molecule has 7 heteroatoms. The van der Waals surface area contributed by atoms with E-state index < -0.39 is 10.1 Å². The molecule has 0 fully saturated rings. The number of hydrogen-bond acceptors (Lipinski definition) is 5. The Hall–Kier alpha value is -2.77. The van der Waals surface area contributed by atoms with Crippen molar-refractivity contribution in [1.29, 1.82) is 0 Å². The van der Waals surface area contributed by atoms with Crippen molar-refractivity contribution in [2.24, 2.45) is 10.2 Å². The van der Waals surface area contributed by atoms with Crippen LogP contribution < -0.4 is 0 Å². The summed E-state index contributed by atoms with van der Waals surface area (Å²) in [5.74, 6) is 0.0199. The van der Waals surface area contributed by atoms with E-state index in [0.717, 1.165) is 23.6 Å². The minimum absolute atomic E-state index is 0.0199. The number of aromatic hydroxyl groups is 1. The minimum atomic E-state index is -4.25. The molecule has 0 radical (unpaired) electrons. The van der Waals surface area contributed by atoms with E-state index in [1.54, 1.807) is 6.07 Å². The predicted molar refractivity (Wildman–Crippen MR) is 114 cm³/mol. The van der Waals surface area contributed by atoms with Crippen LogP contribution in [-0.4, -0.2) is 18.1 Å². The Morgan fingerprint density at radius 2 is 1.66 bits per heavy atom. The molecule has 29 heavy (non-hydrogen) atoms. The lowest BCUT2D eigenvalue weighted by Gasteiger charge is -2.07. The van der Waals surface area contributed by atoms with Gasteiger partial charge in [-0.2, -0.15) is 13.5 Å². The number of benzene rings is 3. The number of fused-ring (bicyclic) bond motifs is 1. The molecule has 0 bridgehead atoms. The Morgan fingerprint density at radius 3 is 2.34 bits per heavy atom. The van der Waals surface area contributed by atoms with Gasteiger partial charge >= 0.3 is 0 Å². The van der Waals surface area contributed by atoms with Gasteiger partial charge in [-0.15, -0.1) is 5.11 Å². The fraction of sp³-hybridized carbons (Fsp3) is 0.273. The standard InChI is InChI=1S/C22H24N2O4S/c1-2-3-4-5-6-16-7-13-20-17(15-16)8-14-21(25)22(20)24-23-18-9-11-19(12-10-18)29(26,27)28/h7-15,25H,2-6H2,1H3,(H,26,27,28). The van der Waals surface area contributed by atoms with Crippen molar-refractivity contribution in [1.82, 2.24) is 0 Å². The Morgan fingerprint density at radius 1 is 0.897 bits per heavy atom. The molecule has 0 spiro atoms.